The van der Waals surface area contributed by atoms with Gasteiger partial charge in [-0.15, -0.1) is 0 Å². The second-order valence-electron chi connectivity index (χ2n) is 5.79. The van der Waals surface area contributed by atoms with Crippen molar-refractivity contribution in [1.82, 2.24) is 5.32 Å². The fourth-order valence-corrected chi connectivity index (χ4v) is 1.60. The van der Waals surface area contributed by atoms with Gasteiger partial charge in [0.15, 0.2) is 0 Å². The van der Waals surface area contributed by atoms with Crippen LogP contribution in [0.2, 0.25) is 0 Å². The Morgan fingerprint density at radius 2 is 1.86 bits per heavy atom. The Hall–Kier alpha value is -1.85. The maximum atomic E-state index is 13.5. The number of halogens is 2. The van der Waals surface area contributed by atoms with Gasteiger partial charge in [-0.05, 0) is 45.7 Å². The van der Waals surface area contributed by atoms with Gasteiger partial charge >= 0.3 is 6.09 Å². The third kappa shape index (κ3) is 6.42. The fourth-order valence-electron chi connectivity index (χ4n) is 1.60. The van der Waals surface area contributed by atoms with E-state index in [1.54, 1.807) is 20.8 Å². The minimum absolute atomic E-state index is 0.121. The van der Waals surface area contributed by atoms with Crippen LogP contribution in [0.3, 0.4) is 0 Å². The number of hydrogen-bond donors (Lipinski definition) is 2. The fraction of sp³-hybridized carbons (Fsp3) is 0.533. The third-order valence-electron chi connectivity index (χ3n) is 2.59. The van der Waals surface area contributed by atoms with E-state index in [0.717, 1.165) is 12.1 Å². The van der Waals surface area contributed by atoms with Gasteiger partial charge in [-0.2, -0.15) is 0 Å². The zero-order chi connectivity index (χ0) is 16.0. The lowest BCUT2D eigenvalue weighted by molar-refractivity contribution is 0.0528. The first-order chi connectivity index (χ1) is 9.69. The summed E-state index contributed by atoms with van der Waals surface area (Å²) in [5.41, 5.74) is -0.148. The van der Waals surface area contributed by atoms with Gasteiger partial charge in [-0.25, -0.2) is 13.6 Å². The lowest BCUT2D eigenvalue weighted by Crippen LogP contribution is -2.33. The molecule has 1 amide bonds. The number of anilines is 1. The van der Waals surface area contributed by atoms with Gasteiger partial charge in [-0.1, -0.05) is 0 Å². The number of benzene rings is 1. The van der Waals surface area contributed by atoms with Crippen LogP contribution in [0, 0.1) is 18.6 Å². The molecule has 0 spiro atoms. The number of alkyl carbamates (subject to hydrolysis) is 1. The number of hydrogen-bond acceptors (Lipinski definition) is 3. The van der Waals surface area contributed by atoms with Crippen molar-refractivity contribution < 1.29 is 18.3 Å². The second-order valence-corrected chi connectivity index (χ2v) is 5.79. The molecule has 0 saturated heterocycles. The Kier molecular flexibility index (Phi) is 5.93. The molecule has 21 heavy (non-hydrogen) atoms. The topological polar surface area (TPSA) is 50.4 Å². The summed E-state index contributed by atoms with van der Waals surface area (Å²) in [4.78, 5) is 11.4. The summed E-state index contributed by atoms with van der Waals surface area (Å²) < 4.78 is 31.9. The summed E-state index contributed by atoms with van der Waals surface area (Å²) in [5.74, 6) is -0.945. The van der Waals surface area contributed by atoms with Crippen molar-refractivity contribution in [3.63, 3.8) is 0 Å². The molecule has 0 aliphatic heterocycles. The molecule has 0 atom stereocenters. The van der Waals surface area contributed by atoms with E-state index in [1.165, 1.54) is 6.92 Å². The molecule has 2 N–H and O–H groups in total. The van der Waals surface area contributed by atoms with Crippen molar-refractivity contribution in [1.29, 1.82) is 0 Å². The molecule has 0 aliphatic carbocycles. The van der Waals surface area contributed by atoms with E-state index >= 15 is 0 Å². The van der Waals surface area contributed by atoms with Crippen molar-refractivity contribution in [2.24, 2.45) is 0 Å². The standard InChI is InChI=1S/C15H22F2N2O2/c1-10-8-12(17)13(9-11(10)16)18-6-5-7-19-14(20)21-15(2,3)4/h8-9,18H,5-7H2,1-4H3,(H,19,20). The highest BCUT2D eigenvalue weighted by Crippen LogP contribution is 2.18. The van der Waals surface area contributed by atoms with Crippen LogP contribution in [0.15, 0.2) is 12.1 Å². The average molecular weight is 300 g/mol. The van der Waals surface area contributed by atoms with E-state index in [2.05, 4.69) is 10.6 Å². The Labute approximate surface area is 123 Å². The van der Waals surface area contributed by atoms with E-state index in [0.29, 0.717) is 19.5 Å². The molecule has 0 bridgehead atoms. The molecule has 0 aliphatic rings. The lowest BCUT2D eigenvalue weighted by atomic mass is 10.2. The number of amides is 1. The number of ether oxygens (including phenoxy) is 1. The maximum Gasteiger partial charge on any atom is 0.407 e. The number of carbonyl (C=O) groups excluding carboxylic acids is 1. The predicted molar refractivity (Wildman–Crippen MR) is 78.4 cm³/mol. The SMILES string of the molecule is Cc1cc(F)c(NCCCNC(=O)OC(C)(C)C)cc1F. The number of aryl methyl sites for hydroxylation is 1. The molecule has 0 aromatic heterocycles. The minimum atomic E-state index is -0.537. The zero-order valence-corrected chi connectivity index (χ0v) is 12.8. The van der Waals surface area contributed by atoms with Gasteiger partial charge in [0.1, 0.15) is 17.2 Å². The lowest BCUT2D eigenvalue weighted by Gasteiger charge is -2.19. The van der Waals surface area contributed by atoms with Gasteiger partial charge in [0, 0.05) is 19.2 Å². The van der Waals surface area contributed by atoms with Crippen LogP contribution in [0.5, 0.6) is 0 Å². The van der Waals surface area contributed by atoms with Crippen molar-refractivity contribution in [2.75, 3.05) is 18.4 Å². The molecule has 1 aromatic rings. The molecule has 1 aromatic carbocycles. The maximum absolute atomic E-state index is 13.5. The van der Waals surface area contributed by atoms with Gasteiger partial charge in [0.05, 0.1) is 5.69 Å². The van der Waals surface area contributed by atoms with Crippen molar-refractivity contribution in [3.8, 4) is 0 Å². The van der Waals surface area contributed by atoms with Gasteiger partial charge in [0.25, 0.3) is 0 Å². The smallest absolute Gasteiger partial charge is 0.407 e. The van der Waals surface area contributed by atoms with Crippen LogP contribution in [-0.2, 0) is 4.74 Å². The highest BCUT2D eigenvalue weighted by Gasteiger charge is 2.15. The summed E-state index contributed by atoms with van der Waals surface area (Å²) in [6, 6.07) is 2.28. The largest absolute Gasteiger partial charge is 0.444 e. The monoisotopic (exact) mass is 300 g/mol. The number of carbonyl (C=O) groups is 1. The Morgan fingerprint density at radius 3 is 2.48 bits per heavy atom. The van der Waals surface area contributed by atoms with E-state index < -0.39 is 23.3 Å². The summed E-state index contributed by atoms with van der Waals surface area (Å²) in [5, 5.41) is 5.39. The predicted octanol–water partition coefficient (Wildman–Crippen LogP) is 3.60. The number of rotatable bonds is 5. The summed E-state index contributed by atoms with van der Waals surface area (Å²) in [6.45, 7) is 7.65. The Balaban J connectivity index is 2.29. The van der Waals surface area contributed by atoms with E-state index in [1.807, 2.05) is 0 Å². The molecule has 0 unspecified atom stereocenters. The molecule has 0 fully saturated rings. The van der Waals surface area contributed by atoms with Crippen molar-refractivity contribution >= 4 is 11.8 Å². The third-order valence-corrected chi connectivity index (χ3v) is 2.59. The Morgan fingerprint density at radius 1 is 1.19 bits per heavy atom. The second kappa shape index (κ2) is 7.24. The van der Waals surface area contributed by atoms with E-state index in [-0.39, 0.29) is 11.3 Å². The first-order valence-corrected chi connectivity index (χ1v) is 6.85. The normalized spacial score (nSPS) is 11.1. The van der Waals surface area contributed by atoms with Crippen LogP contribution in [0.4, 0.5) is 19.3 Å². The molecular weight excluding hydrogens is 278 g/mol. The first kappa shape index (κ1) is 17.2. The Bertz CT molecular complexity index is 499. The quantitative estimate of drug-likeness (QED) is 0.817. The van der Waals surface area contributed by atoms with Gasteiger partial charge in [0.2, 0.25) is 0 Å². The van der Waals surface area contributed by atoms with Crippen molar-refractivity contribution in [2.45, 2.75) is 39.7 Å². The molecular formula is C15H22F2N2O2. The number of nitrogens with one attached hydrogen (secondary N) is 2. The minimum Gasteiger partial charge on any atom is -0.444 e. The van der Waals surface area contributed by atoms with Gasteiger partial charge < -0.3 is 15.4 Å². The molecule has 118 valence electrons. The van der Waals surface area contributed by atoms with Crippen LogP contribution in [0.1, 0.15) is 32.8 Å². The molecule has 4 nitrogen and oxygen atoms in total. The highest BCUT2D eigenvalue weighted by atomic mass is 19.1. The van der Waals surface area contributed by atoms with Crippen LogP contribution >= 0.6 is 0 Å². The van der Waals surface area contributed by atoms with Crippen LogP contribution < -0.4 is 10.6 Å². The molecule has 6 heteroatoms. The van der Waals surface area contributed by atoms with Crippen LogP contribution in [0.25, 0.3) is 0 Å². The molecule has 0 heterocycles. The van der Waals surface area contributed by atoms with Crippen molar-refractivity contribution in [3.05, 3.63) is 29.3 Å². The van der Waals surface area contributed by atoms with E-state index in [4.69, 9.17) is 4.74 Å². The zero-order valence-electron chi connectivity index (χ0n) is 12.8. The molecule has 1 rings (SSSR count). The summed E-state index contributed by atoms with van der Waals surface area (Å²) in [7, 11) is 0. The molecule has 0 radical (unpaired) electrons. The van der Waals surface area contributed by atoms with Gasteiger partial charge in [-0.3, -0.25) is 0 Å². The molecule has 0 saturated carbocycles. The summed E-state index contributed by atoms with van der Waals surface area (Å²) >= 11 is 0. The highest BCUT2D eigenvalue weighted by molar-refractivity contribution is 5.67. The average Bonchev–Trinajstić information content (AvgIpc) is 2.32. The van der Waals surface area contributed by atoms with Crippen LogP contribution in [-0.4, -0.2) is 24.8 Å². The van der Waals surface area contributed by atoms with E-state index in [9.17, 15) is 13.6 Å². The first-order valence-electron chi connectivity index (χ1n) is 6.85. The summed E-state index contributed by atoms with van der Waals surface area (Å²) in [6.07, 6.45) is 0.0730.